The number of amides is 1. The quantitative estimate of drug-likeness (QED) is 0.829. The van der Waals surface area contributed by atoms with Crippen LogP contribution >= 0.6 is 24.0 Å². The molecule has 6 heteroatoms. The van der Waals surface area contributed by atoms with Gasteiger partial charge in [-0.25, -0.2) is 0 Å². The lowest BCUT2D eigenvalue weighted by Crippen LogP contribution is -2.44. The van der Waals surface area contributed by atoms with Gasteiger partial charge in [-0.1, -0.05) is 54.1 Å². The third-order valence-corrected chi connectivity index (χ3v) is 5.19. The first-order valence-corrected chi connectivity index (χ1v) is 8.97. The van der Waals surface area contributed by atoms with Crippen molar-refractivity contribution < 1.29 is 9.90 Å². The van der Waals surface area contributed by atoms with Crippen molar-refractivity contribution in [2.45, 2.75) is 25.0 Å². The minimum Gasteiger partial charge on any atom is -0.388 e. The zero-order valence-electron chi connectivity index (χ0n) is 14.4. The molecule has 4 nitrogen and oxygen atoms in total. The second kappa shape index (κ2) is 9.38. The Bertz CT molecular complexity index is 702. The first-order chi connectivity index (χ1) is 12.1. The number of halogens is 2. The molecule has 3 rings (SSSR count). The van der Waals surface area contributed by atoms with Crippen LogP contribution in [-0.2, 0) is 4.79 Å². The van der Waals surface area contributed by atoms with Crippen molar-refractivity contribution in [3.8, 4) is 0 Å². The largest absolute Gasteiger partial charge is 0.388 e. The number of aliphatic hydroxyl groups excluding tert-OH is 1. The molecule has 1 aliphatic rings. The van der Waals surface area contributed by atoms with Crippen molar-refractivity contribution in [1.82, 2.24) is 4.90 Å². The zero-order chi connectivity index (χ0) is 17.8. The van der Waals surface area contributed by atoms with Gasteiger partial charge in [-0.2, -0.15) is 0 Å². The number of likely N-dealkylation sites (tertiary alicyclic amines) is 1. The Morgan fingerprint density at radius 3 is 2.19 bits per heavy atom. The lowest BCUT2D eigenvalue weighted by atomic mass is 9.87. The second-order valence-electron chi connectivity index (χ2n) is 6.55. The molecule has 0 radical (unpaired) electrons. The van der Waals surface area contributed by atoms with E-state index >= 15 is 0 Å². The molecule has 0 saturated carbocycles. The summed E-state index contributed by atoms with van der Waals surface area (Å²) < 4.78 is 0. The number of aliphatic hydroxyl groups is 1. The van der Waals surface area contributed by atoms with E-state index < -0.39 is 12.1 Å². The van der Waals surface area contributed by atoms with Crippen molar-refractivity contribution in [3.63, 3.8) is 0 Å². The van der Waals surface area contributed by atoms with Gasteiger partial charge >= 0.3 is 0 Å². The number of nitrogens with two attached hydrogens (primary N) is 1. The fraction of sp³-hybridized carbons (Fsp3) is 0.350. The van der Waals surface area contributed by atoms with Gasteiger partial charge in [-0.05, 0) is 42.0 Å². The van der Waals surface area contributed by atoms with Crippen LogP contribution in [0.15, 0.2) is 54.6 Å². The Hall–Kier alpha value is -1.59. The summed E-state index contributed by atoms with van der Waals surface area (Å²) >= 11 is 5.90. The number of carbonyl (C=O) groups is 1. The minimum absolute atomic E-state index is 0. The summed E-state index contributed by atoms with van der Waals surface area (Å²) in [4.78, 5) is 14.4. The van der Waals surface area contributed by atoms with Crippen molar-refractivity contribution in [1.29, 1.82) is 0 Å². The Labute approximate surface area is 165 Å². The Morgan fingerprint density at radius 1 is 1.04 bits per heavy atom. The molecule has 2 aromatic rings. The third-order valence-electron chi connectivity index (χ3n) is 4.93. The first kappa shape index (κ1) is 20.7. The van der Waals surface area contributed by atoms with E-state index in [1.54, 1.807) is 12.1 Å². The van der Waals surface area contributed by atoms with E-state index in [1.165, 1.54) is 0 Å². The molecule has 1 fully saturated rings. The van der Waals surface area contributed by atoms with Gasteiger partial charge in [0.05, 0.1) is 6.10 Å². The van der Waals surface area contributed by atoms with Crippen molar-refractivity contribution in [2.24, 2.45) is 11.7 Å². The number of hydrogen-bond donors (Lipinski definition) is 2. The highest BCUT2D eigenvalue weighted by Crippen LogP contribution is 2.32. The minimum atomic E-state index is -0.626. The van der Waals surface area contributed by atoms with Gasteiger partial charge in [0.1, 0.15) is 6.04 Å². The van der Waals surface area contributed by atoms with E-state index in [4.69, 9.17) is 17.3 Å². The summed E-state index contributed by atoms with van der Waals surface area (Å²) in [5.74, 6) is 0.0869. The van der Waals surface area contributed by atoms with Gasteiger partial charge in [0.2, 0.25) is 5.91 Å². The second-order valence-corrected chi connectivity index (χ2v) is 6.98. The maximum atomic E-state index is 12.6. The highest BCUT2D eigenvalue weighted by Gasteiger charge is 2.30. The number of piperidine rings is 1. The predicted octanol–water partition coefficient (Wildman–Crippen LogP) is 3.73. The van der Waals surface area contributed by atoms with Crippen LogP contribution in [0.4, 0.5) is 0 Å². The van der Waals surface area contributed by atoms with E-state index in [0.29, 0.717) is 18.1 Å². The van der Waals surface area contributed by atoms with E-state index in [1.807, 2.05) is 47.4 Å². The summed E-state index contributed by atoms with van der Waals surface area (Å²) in [6.45, 7) is 1.24. The average molecular weight is 395 g/mol. The van der Waals surface area contributed by atoms with E-state index in [-0.39, 0.29) is 24.2 Å². The Kier molecular flexibility index (Phi) is 7.47. The van der Waals surface area contributed by atoms with Gasteiger partial charge in [0.25, 0.3) is 0 Å². The zero-order valence-corrected chi connectivity index (χ0v) is 16.0. The monoisotopic (exact) mass is 394 g/mol. The molecule has 0 aromatic heterocycles. The lowest BCUT2D eigenvalue weighted by Gasteiger charge is -2.35. The topological polar surface area (TPSA) is 66.6 Å². The normalized spacial score (nSPS) is 17.3. The fourth-order valence-electron chi connectivity index (χ4n) is 3.37. The number of benzene rings is 2. The molecule has 0 bridgehead atoms. The lowest BCUT2D eigenvalue weighted by molar-refractivity contribution is -0.134. The average Bonchev–Trinajstić information content (AvgIpc) is 2.67. The van der Waals surface area contributed by atoms with Crippen molar-refractivity contribution in [2.75, 3.05) is 13.1 Å². The molecule has 1 saturated heterocycles. The van der Waals surface area contributed by atoms with Gasteiger partial charge in [-0.15, -0.1) is 12.4 Å². The highest BCUT2D eigenvalue weighted by atomic mass is 35.5. The fourth-order valence-corrected chi connectivity index (χ4v) is 3.49. The number of nitrogens with zero attached hydrogens (tertiary/aromatic N) is 1. The summed E-state index contributed by atoms with van der Waals surface area (Å²) in [7, 11) is 0. The van der Waals surface area contributed by atoms with Crippen LogP contribution in [0.5, 0.6) is 0 Å². The molecule has 140 valence electrons. The predicted molar refractivity (Wildman–Crippen MR) is 106 cm³/mol. The number of rotatable bonds is 4. The molecule has 1 aliphatic heterocycles. The summed E-state index contributed by atoms with van der Waals surface area (Å²) in [5.41, 5.74) is 7.82. The Balaban J connectivity index is 0.00000243. The van der Waals surface area contributed by atoms with Gasteiger partial charge in [-0.3, -0.25) is 4.79 Å². The third kappa shape index (κ3) is 4.77. The summed E-state index contributed by atoms with van der Waals surface area (Å²) in [6.07, 6.45) is 0.992. The van der Waals surface area contributed by atoms with Crippen LogP contribution in [0.1, 0.15) is 36.1 Å². The smallest absolute Gasteiger partial charge is 0.244 e. The molecule has 2 atom stereocenters. The standard InChI is InChI=1S/C20H23ClN2O2.ClH/c21-17-8-6-15(7-9-17)19(24)16-10-12-23(13-11-16)20(25)18(22)14-4-2-1-3-5-14;/h1-9,16,18-19,24H,10-13,22H2;1H. The first-order valence-electron chi connectivity index (χ1n) is 8.59. The van der Waals surface area contributed by atoms with Crippen LogP contribution < -0.4 is 5.73 Å². The maximum Gasteiger partial charge on any atom is 0.244 e. The van der Waals surface area contributed by atoms with Crippen molar-refractivity contribution in [3.05, 3.63) is 70.7 Å². The van der Waals surface area contributed by atoms with Crippen LogP contribution in [0.25, 0.3) is 0 Å². The molecule has 26 heavy (non-hydrogen) atoms. The molecule has 0 aliphatic carbocycles. The summed E-state index contributed by atoms with van der Waals surface area (Å²) in [5, 5.41) is 11.2. The van der Waals surface area contributed by atoms with Crippen molar-refractivity contribution >= 4 is 29.9 Å². The molecule has 1 amide bonds. The van der Waals surface area contributed by atoms with Crippen LogP contribution in [0.2, 0.25) is 5.02 Å². The molecule has 2 unspecified atom stereocenters. The van der Waals surface area contributed by atoms with E-state index in [0.717, 1.165) is 24.0 Å². The van der Waals surface area contributed by atoms with Crippen LogP contribution in [0.3, 0.4) is 0 Å². The molecule has 2 aromatic carbocycles. The molecular formula is C20H24Cl2N2O2. The number of carbonyl (C=O) groups excluding carboxylic acids is 1. The number of hydrogen-bond acceptors (Lipinski definition) is 3. The van der Waals surface area contributed by atoms with Gasteiger partial charge in [0, 0.05) is 18.1 Å². The maximum absolute atomic E-state index is 12.6. The van der Waals surface area contributed by atoms with E-state index in [9.17, 15) is 9.90 Å². The highest BCUT2D eigenvalue weighted by molar-refractivity contribution is 6.30. The molecule has 1 heterocycles. The van der Waals surface area contributed by atoms with Gasteiger partial charge in [0.15, 0.2) is 0 Å². The molecule has 0 spiro atoms. The SMILES string of the molecule is Cl.NC(C(=O)N1CCC(C(O)c2ccc(Cl)cc2)CC1)c1ccccc1. The van der Waals surface area contributed by atoms with Crippen LogP contribution in [0, 0.1) is 5.92 Å². The van der Waals surface area contributed by atoms with Gasteiger partial charge < -0.3 is 15.7 Å². The molecule has 3 N–H and O–H groups in total. The summed E-state index contributed by atoms with van der Waals surface area (Å²) in [6, 6.07) is 16.1. The Morgan fingerprint density at radius 2 is 1.62 bits per heavy atom. The molecular weight excluding hydrogens is 371 g/mol. The van der Waals surface area contributed by atoms with Crippen LogP contribution in [-0.4, -0.2) is 29.0 Å². The van der Waals surface area contributed by atoms with E-state index in [2.05, 4.69) is 0 Å².